The Hall–Kier alpha value is -1.67. The molecule has 0 spiro atoms. The van der Waals surface area contributed by atoms with Crippen molar-refractivity contribution in [2.75, 3.05) is 0 Å². The monoisotopic (exact) mass is 259 g/mol. The van der Waals surface area contributed by atoms with Gasteiger partial charge in [-0.05, 0) is 59.9 Å². The number of hydrogen-bond acceptors (Lipinski definition) is 2. The van der Waals surface area contributed by atoms with Crippen molar-refractivity contribution in [2.45, 2.75) is 20.3 Å². The minimum absolute atomic E-state index is 0.393. The lowest BCUT2D eigenvalue weighted by Crippen LogP contribution is -1.97. The van der Waals surface area contributed by atoms with Gasteiger partial charge < -0.3 is 4.79 Å². The number of rotatable bonds is 3. The lowest BCUT2D eigenvalue weighted by atomic mass is 9.92. The van der Waals surface area contributed by atoms with Crippen molar-refractivity contribution < 1.29 is 4.79 Å². The largest absolute Gasteiger partial charge is 0.303 e. The highest BCUT2D eigenvalue weighted by Crippen LogP contribution is 2.33. The number of carbonyl (C=O) groups excluding carboxylic acids is 1. The standard InChI is InChI=1S/C15H14ClNO/c1-10-13(5-8-18)9-14(16)11(2)15(10)12-3-6-17-7-4-12/h3-4,6-9H,5H2,1-2H3. The maximum atomic E-state index is 10.7. The van der Waals surface area contributed by atoms with Crippen LogP contribution in [0.3, 0.4) is 0 Å². The van der Waals surface area contributed by atoms with E-state index in [2.05, 4.69) is 4.98 Å². The van der Waals surface area contributed by atoms with Gasteiger partial charge in [0, 0.05) is 23.8 Å². The Morgan fingerprint density at radius 3 is 2.50 bits per heavy atom. The Morgan fingerprint density at radius 2 is 1.89 bits per heavy atom. The summed E-state index contributed by atoms with van der Waals surface area (Å²) in [7, 11) is 0. The van der Waals surface area contributed by atoms with Crippen molar-refractivity contribution in [1.82, 2.24) is 4.98 Å². The normalized spacial score (nSPS) is 10.4. The quantitative estimate of drug-likeness (QED) is 0.786. The smallest absolute Gasteiger partial charge is 0.124 e. The number of benzene rings is 1. The first kappa shape index (κ1) is 12.8. The van der Waals surface area contributed by atoms with Crippen LogP contribution in [0.4, 0.5) is 0 Å². The zero-order valence-electron chi connectivity index (χ0n) is 10.4. The molecule has 1 aromatic carbocycles. The lowest BCUT2D eigenvalue weighted by molar-refractivity contribution is -0.107. The van der Waals surface area contributed by atoms with Gasteiger partial charge in [0.25, 0.3) is 0 Å². The number of carbonyl (C=O) groups is 1. The van der Waals surface area contributed by atoms with Crippen molar-refractivity contribution in [3.05, 3.63) is 52.3 Å². The molecule has 0 atom stereocenters. The van der Waals surface area contributed by atoms with E-state index in [9.17, 15) is 4.79 Å². The van der Waals surface area contributed by atoms with Gasteiger partial charge in [-0.2, -0.15) is 0 Å². The molecular weight excluding hydrogens is 246 g/mol. The van der Waals surface area contributed by atoms with Crippen LogP contribution in [0, 0.1) is 13.8 Å². The van der Waals surface area contributed by atoms with Crippen molar-refractivity contribution in [3.63, 3.8) is 0 Å². The number of aromatic nitrogens is 1. The van der Waals surface area contributed by atoms with E-state index in [0.717, 1.165) is 34.1 Å². The highest BCUT2D eigenvalue weighted by molar-refractivity contribution is 6.32. The summed E-state index contributed by atoms with van der Waals surface area (Å²) in [6.07, 6.45) is 4.82. The molecule has 2 nitrogen and oxygen atoms in total. The fourth-order valence-corrected chi connectivity index (χ4v) is 2.41. The molecule has 0 fully saturated rings. The third-order valence-corrected chi connectivity index (χ3v) is 3.56. The Bertz CT molecular complexity index is 579. The number of aldehydes is 1. The van der Waals surface area contributed by atoms with Crippen LogP contribution in [-0.2, 0) is 11.2 Å². The molecule has 2 rings (SSSR count). The molecule has 2 aromatic rings. The van der Waals surface area contributed by atoms with E-state index >= 15 is 0 Å². The van der Waals surface area contributed by atoms with Gasteiger partial charge in [0.05, 0.1) is 0 Å². The Labute approximate surface area is 112 Å². The molecule has 1 aromatic heterocycles. The van der Waals surface area contributed by atoms with Crippen LogP contribution in [0.1, 0.15) is 16.7 Å². The van der Waals surface area contributed by atoms with Crippen LogP contribution in [0.2, 0.25) is 5.02 Å². The fraction of sp³-hybridized carbons (Fsp3) is 0.200. The zero-order valence-corrected chi connectivity index (χ0v) is 11.2. The van der Waals surface area contributed by atoms with Crippen molar-refractivity contribution in [1.29, 1.82) is 0 Å². The summed E-state index contributed by atoms with van der Waals surface area (Å²) in [4.78, 5) is 14.7. The van der Waals surface area contributed by atoms with E-state index in [1.165, 1.54) is 0 Å². The van der Waals surface area contributed by atoms with Gasteiger partial charge in [-0.15, -0.1) is 0 Å². The van der Waals surface area contributed by atoms with E-state index < -0.39 is 0 Å². The molecule has 18 heavy (non-hydrogen) atoms. The second kappa shape index (κ2) is 5.32. The van der Waals surface area contributed by atoms with Gasteiger partial charge in [-0.3, -0.25) is 4.98 Å². The molecule has 92 valence electrons. The Kier molecular flexibility index (Phi) is 3.78. The molecule has 0 N–H and O–H groups in total. The predicted molar refractivity (Wildman–Crippen MR) is 73.9 cm³/mol. The third kappa shape index (κ3) is 2.29. The van der Waals surface area contributed by atoms with E-state index in [1.54, 1.807) is 12.4 Å². The average molecular weight is 260 g/mol. The molecule has 0 aliphatic heterocycles. The summed E-state index contributed by atoms with van der Waals surface area (Å²) >= 11 is 6.25. The Morgan fingerprint density at radius 1 is 1.22 bits per heavy atom. The predicted octanol–water partition coefficient (Wildman–Crippen LogP) is 3.76. The summed E-state index contributed by atoms with van der Waals surface area (Å²) in [6, 6.07) is 5.79. The summed E-state index contributed by atoms with van der Waals surface area (Å²) in [5, 5.41) is 0.698. The summed E-state index contributed by atoms with van der Waals surface area (Å²) in [5.41, 5.74) is 5.30. The highest BCUT2D eigenvalue weighted by Gasteiger charge is 2.12. The maximum absolute atomic E-state index is 10.7. The lowest BCUT2D eigenvalue weighted by Gasteiger charge is -2.15. The van der Waals surface area contributed by atoms with E-state index in [1.807, 2.05) is 32.0 Å². The second-order valence-corrected chi connectivity index (χ2v) is 4.66. The number of hydrogen-bond donors (Lipinski definition) is 0. The van der Waals surface area contributed by atoms with Gasteiger partial charge >= 0.3 is 0 Å². The molecule has 0 saturated heterocycles. The first-order valence-corrected chi connectivity index (χ1v) is 6.15. The van der Waals surface area contributed by atoms with Crippen LogP contribution in [0.15, 0.2) is 30.6 Å². The molecule has 0 amide bonds. The van der Waals surface area contributed by atoms with E-state index in [-0.39, 0.29) is 0 Å². The second-order valence-electron chi connectivity index (χ2n) is 4.25. The Balaban J connectivity index is 2.69. The summed E-state index contributed by atoms with van der Waals surface area (Å²) < 4.78 is 0. The summed E-state index contributed by atoms with van der Waals surface area (Å²) in [5.74, 6) is 0. The maximum Gasteiger partial charge on any atom is 0.124 e. The first-order chi connectivity index (χ1) is 8.65. The SMILES string of the molecule is Cc1c(Cl)cc(CC=O)c(C)c1-c1ccncc1. The highest BCUT2D eigenvalue weighted by atomic mass is 35.5. The molecule has 1 heterocycles. The van der Waals surface area contributed by atoms with Gasteiger partial charge in [0.1, 0.15) is 6.29 Å². The van der Waals surface area contributed by atoms with Crippen molar-refractivity contribution in [2.24, 2.45) is 0 Å². The molecule has 0 saturated carbocycles. The van der Waals surface area contributed by atoms with Crippen LogP contribution in [0.25, 0.3) is 11.1 Å². The number of halogens is 1. The molecule has 0 bridgehead atoms. The summed E-state index contributed by atoms with van der Waals surface area (Å²) in [6.45, 7) is 4.02. The molecule has 0 radical (unpaired) electrons. The van der Waals surface area contributed by atoms with Gasteiger partial charge in [0.15, 0.2) is 0 Å². The fourth-order valence-electron chi connectivity index (χ4n) is 2.18. The number of pyridine rings is 1. The molecular formula is C15H14ClNO. The minimum atomic E-state index is 0.393. The average Bonchev–Trinajstić information content (AvgIpc) is 2.38. The molecule has 3 heteroatoms. The van der Waals surface area contributed by atoms with Crippen LogP contribution >= 0.6 is 11.6 Å². The van der Waals surface area contributed by atoms with Crippen LogP contribution < -0.4 is 0 Å². The van der Waals surface area contributed by atoms with E-state index in [4.69, 9.17) is 11.6 Å². The van der Waals surface area contributed by atoms with Crippen molar-refractivity contribution in [3.8, 4) is 11.1 Å². The van der Waals surface area contributed by atoms with Crippen LogP contribution in [0.5, 0.6) is 0 Å². The molecule has 0 unspecified atom stereocenters. The topological polar surface area (TPSA) is 30.0 Å². The molecule has 0 aliphatic carbocycles. The number of nitrogens with zero attached hydrogens (tertiary/aromatic N) is 1. The third-order valence-electron chi connectivity index (χ3n) is 3.16. The van der Waals surface area contributed by atoms with Crippen LogP contribution in [-0.4, -0.2) is 11.3 Å². The molecule has 0 aliphatic rings. The van der Waals surface area contributed by atoms with Gasteiger partial charge in [-0.25, -0.2) is 0 Å². The van der Waals surface area contributed by atoms with E-state index in [0.29, 0.717) is 11.4 Å². The minimum Gasteiger partial charge on any atom is -0.303 e. The van der Waals surface area contributed by atoms with Crippen molar-refractivity contribution >= 4 is 17.9 Å². The van der Waals surface area contributed by atoms with Gasteiger partial charge in [-0.1, -0.05) is 11.6 Å². The van der Waals surface area contributed by atoms with Gasteiger partial charge in [0.2, 0.25) is 0 Å². The first-order valence-electron chi connectivity index (χ1n) is 5.77. The zero-order chi connectivity index (χ0) is 13.1.